The van der Waals surface area contributed by atoms with Gasteiger partial charge in [-0.3, -0.25) is 4.68 Å². The van der Waals surface area contributed by atoms with E-state index in [2.05, 4.69) is 15.3 Å². The van der Waals surface area contributed by atoms with Gasteiger partial charge in [-0.15, -0.1) is 5.10 Å². The lowest BCUT2D eigenvalue weighted by molar-refractivity contribution is 0.302. The van der Waals surface area contributed by atoms with Crippen molar-refractivity contribution in [2.75, 3.05) is 5.73 Å². The van der Waals surface area contributed by atoms with Crippen LogP contribution >= 0.6 is 0 Å². The molecular formula is C9H11N5O. The molecule has 0 aliphatic heterocycles. The molecule has 0 fully saturated rings. The summed E-state index contributed by atoms with van der Waals surface area (Å²) < 4.78 is 7.05. The molecule has 0 radical (unpaired) electrons. The van der Waals surface area contributed by atoms with E-state index < -0.39 is 0 Å². The Morgan fingerprint density at radius 1 is 1.53 bits per heavy atom. The second-order valence-corrected chi connectivity index (χ2v) is 3.06. The molecule has 0 aliphatic rings. The summed E-state index contributed by atoms with van der Waals surface area (Å²) in [6.45, 7) is 0.337. The number of hydrogen-bond acceptors (Lipinski definition) is 5. The maximum atomic E-state index is 5.61. The van der Waals surface area contributed by atoms with E-state index in [0.29, 0.717) is 18.2 Å². The molecule has 0 saturated carbocycles. The largest absolute Gasteiger partial charge is 0.483 e. The summed E-state index contributed by atoms with van der Waals surface area (Å²) in [7, 11) is 1.80. The second kappa shape index (κ2) is 3.95. The van der Waals surface area contributed by atoms with Crippen molar-refractivity contribution in [3.05, 3.63) is 30.2 Å². The highest BCUT2D eigenvalue weighted by molar-refractivity contribution is 5.44. The number of pyridine rings is 1. The zero-order chi connectivity index (χ0) is 10.7. The first-order valence-corrected chi connectivity index (χ1v) is 4.44. The Morgan fingerprint density at radius 3 is 3.07 bits per heavy atom. The van der Waals surface area contributed by atoms with Crippen LogP contribution in [0.25, 0.3) is 0 Å². The van der Waals surface area contributed by atoms with Crippen molar-refractivity contribution in [1.82, 2.24) is 20.0 Å². The van der Waals surface area contributed by atoms with E-state index in [0.717, 1.165) is 5.69 Å². The van der Waals surface area contributed by atoms with Crippen LogP contribution in [-0.2, 0) is 13.7 Å². The molecule has 0 atom stereocenters. The first kappa shape index (κ1) is 9.45. The lowest BCUT2D eigenvalue weighted by atomic mass is 10.4. The lowest BCUT2D eigenvalue weighted by Crippen LogP contribution is -2.00. The van der Waals surface area contributed by atoms with Crippen molar-refractivity contribution >= 4 is 5.82 Å². The fourth-order valence-corrected chi connectivity index (χ4v) is 1.14. The van der Waals surface area contributed by atoms with E-state index in [4.69, 9.17) is 10.5 Å². The Bertz CT molecular complexity index is 453. The van der Waals surface area contributed by atoms with Crippen LogP contribution in [0.5, 0.6) is 5.75 Å². The normalized spacial score (nSPS) is 10.2. The number of anilines is 1. The Kier molecular flexibility index (Phi) is 2.49. The number of rotatable bonds is 3. The van der Waals surface area contributed by atoms with Gasteiger partial charge in [-0.05, 0) is 12.1 Å². The molecule has 2 rings (SSSR count). The molecule has 0 bridgehead atoms. The maximum absolute atomic E-state index is 5.61. The minimum Gasteiger partial charge on any atom is -0.483 e. The summed E-state index contributed by atoms with van der Waals surface area (Å²) in [5.41, 5.74) is 6.36. The minimum absolute atomic E-state index is 0.337. The molecule has 2 N–H and O–H groups in total. The Balaban J connectivity index is 2.02. The van der Waals surface area contributed by atoms with Crippen molar-refractivity contribution in [1.29, 1.82) is 0 Å². The SMILES string of the molecule is Cn1cc(COc2cccnc2N)nn1. The van der Waals surface area contributed by atoms with Gasteiger partial charge in [-0.2, -0.15) is 0 Å². The standard InChI is InChI=1S/C9H11N5O/c1-14-5-7(12-13-14)6-15-8-3-2-4-11-9(8)10/h2-5H,6H2,1H3,(H2,10,11). The molecule has 2 heterocycles. The Labute approximate surface area is 86.7 Å². The van der Waals surface area contributed by atoms with Crippen LogP contribution in [0.3, 0.4) is 0 Å². The van der Waals surface area contributed by atoms with Crippen molar-refractivity contribution in [3.8, 4) is 5.75 Å². The quantitative estimate of drug-likeness (QED) is 0.783. The second-order valence-electron chi connectivity index (χ2n) is 3.06. The monoisotopic (exact) mass is 205 g/mol. The van der Waals surface area contributed by atoms with Gasteiger partial charge in [0.05, 0.1) is 6.20 Å². The van der Waals surface area contributed by atoms with E-state index in [1.54, 1.807) is 36.3 Å². The third kappa shape index (κ3) is 2.22. The molecular weight excluding hydrogens is 194 g/mol. The summed E-state index contributed by atoms with van der Waals surface area (Å²) in [4.78, 5) is 3.91. The van der Waals surface area contributed by atoms with Crippen LogP contribution < -0.4 is 10.5 Å². The van der Waals surface area contributed by atoms with Gasteiger partial charge in [-0.25, -0.2) is 4.98 Å². The Hall–Kier alpha value is -2.11. The van der Waals surface area contributed by atoms with Crippen molar-refractivity contribution in [2.45, 2.75) is 6.61 Å². The summed E-state index contributed by atoms with van der Waals surface area (Å²) >= 11 is 0. The smallest absolute Gasteiger partial charge is 0.166 e. The molecule has 78 valence electrons. The molecule has 0 saturated heterocycles. The van der Waals surface area contributed by atoms with Crippen LogP contribution in [0.15, 0.2) is 24.5 Å². The van der Waals surface area contributed by atoms with E-state index in [1.807, 2.05) is 0 Å². The van der Waals surface area contributed by atoms with Gasteiger partial charge in [-0.1, -0.05) is 5.21 Å². The van der Waals surface area contributed by atoms with E-state index in [9.17, 15) is 0 Å². The summed E-state index contributed by atoms with van der Waals surface area (Å²) in [6.07, 6.45) is 3.40. The highest BCUT2D eigenvalue weighted by atomic mass is 16.5. The number of nitrogens with two attached hydrogens (primary N) is 1. The van der Waals surface area contributed by atoms with Gasteiger partial charge >= 0.3 is 0 Å². The molecule has 0 amide bonds. The van der Waals surface area contributed by atoms with Gasteiger partial charge in [0.25, 0.3) is 0 Å². The van der Waals surface area contributed by atoms with Gasteiger partial charge in [0.15, 0.2) is 11.6 Å². The van der Waals surface area contributed by atoms with Crippen molar-refractivity contribution in [2.24, 2.45) is 7.05 Å². The zero-order valence-electron chi connectivity index (χ0n) is 8.29. The predicted molar refractivity (Wildman–Crippen MR) is 54.0 cm³/mol. The van der Waals surface area contributed by atoms with Crippen molar-refractivity contribution < 1.29 is 4.74 Å². The third-order valence-corrected chi connectivity index (χ3v) is 1.83. The summed E-state index contributed by atoms with van der Waals surface area (Å²) in [5, 5.41) is 7.68. The molecule has 2 aromatic rings. The molecule has 2 aromatic heterocycles. The number of ether oxygens (including phenoxy) is 1. The fourth-order valence-electron chi connectivity index (χ4n) is 1.14. The molecule has 6 nitrogen and oxygen atoms in total. The van der Waals surface area contributed by atoms with Gasteiger partial charge in [0.2, 0.25) is 0 Å². The molecule has 15 heavy (non-hydrogen) atoms. The topological polar surface area (TPSA) is 78.9 Å². The molecule has 6 heteroatoms. The van der Waals surface area contributed by atoms with Crippen LogP contribution in [-0.4, -0.2) is 20.0 Å². The number of hydrogen-bond donors (Lipinski definition) is 1. The Morgan fingerprint density at radius 2 is 2.40 bits per heavy atom. The molecule has 0 unspecified atom stereocenters. The predicted octanol–water partition coefficient (Wildman–Crippen LogP) is 0.371. The van der Waals surface area contributed by atoms with E-state index in [1.165, 1.54) is 0 Å². The molecule has 0 aliphatic carbocycles. The highest BCUT2D eigenvalue weighted by Crippen LogP contribution is 2.17. The average Bonchev–Trinajstić information content (AvgIpc) is 2.63. The zero-order valence-corrected chi connectivity index (χ0v) is 8.29. The third-order valence-electron chi connectivity index (χ3n) is 1.83. The fraction of sp³-hybridized carbons (Fsp3) is 0.222. The number of aromatic nitrogens is 4. The number of nitrogen functional groups attached to an aromatic ring is 1. The first-order valence-electron chi connectivity index (χ1n) is 4.44. The number of nitrogens with zero attached hydrogens (tertiary/aromatic N) is 4. The van der Waals surface area contributed by atoms with Crippen LogP contribution in [0.1, 0.15) is 5.69 Å². The van der Waals surface area contributed by atoms with E-state index >= 15 is 0 Å². The highest BCUT2D eigenvalue weighted by Gasteiger charge is 2.02. The van der Waals surface area contributed by atoms with Crippen LogP contribution in [0.2, 0.25) is 0 Å². The summed E-state index contributed by atoms with van der Waals surface area (Å²) in [6, 6.07) is 3.53. The van der Waals surface area contributed by atoms with Gasteiger partial charge < -0.3 is 10.5 Å². The number of aryl methyl sites for hydroxylation is 1. The average molecular weight is 205 g/mol. The minimum atomic E-state index is 0.337. The van der Waals surface area contributed by atoms with Gasteiger partial charge in [0, 0.05) is 13.2 Å². The molecule has 0 aromatic carbocycles. The summed E-state index contributed by atoms with van der Waals surface area (Å²) in [5.74, 6) is 0.935. The maximum Gasteiger partial charge on any atom is 0.166 e. The van der Waals surface area contributed by atoms with Crippen LogP contribution in [0.4, 0.5) is 5.82 Å². The van der Waals surface area contributed by atoms with Crippen molar-refractivity contribution in [3.63, 3.8) is 0 Å². The lowest BCUT2D eigenvalue weighted by Gasteiger charge is -2.04. The van der Waals surface area contributed by atoms with E-state index in [-0.39, 0.29) is 0 Å². The van der Waals surface area contributed by atoms with Gasteiger partial charge in [0.1, 0.15) is 12.3 Å². The van der Waals surface area contributed by atoms with Crippen LogP contribution in [0, 0.1) is 0 Å². The molecule has 0 spiro atoms. The first-order chi connectivity index (χ1) is 7.25.